The monoisotopic (exact) mass is 297 g/mol. The average molecular weight is 297 g/mol. The predicted molar refractivity (Wildman–Crippen MR) is 63.5 cm³/mol. The van der Waals surface area contributed by atoms with Gasteiger partial charge in [-0.2, -0.15) is 13.2 Å². The summed E-state index contributed by atoms with van der Waals surface area (Å²) in [5.41, 5.74) is 1.79. The summed E-state index contributed by atoms with van der Waals surface area (Å²) in [5.74, 6) is -1.19. The molecule has 9 heteroatoms. The number of piperidine rings is 1. The van der Waals surface area contributed by atoms with Crippen molar-refractivity contribution < 1.29 is 27.6 Å². The molecule has 1 saturated heterocycles. The number of nitrogens with one attached hydrogen (secondary N) is 1. The third-order valence-corrected chi connectivity index (χ3v) is 2.85. The number of amides is 3. The molecule has 20 heavy (non-hydrogen) atoms. The van der Waals surface area contributed by atoms with E-state index in [4.69, 9.17) is 0 Å². The van der Waals surface area contributed by atoms with E-state index in [1.165, 1.54) is 9.80 Å². The van der Waals surface area contributed by atoms with Crippen LogP contribution in [0.3, 0.4) is 0 Å². The average Bonchev–Trinajstić information content (AvgIpc) is 2.36. The molecule has 116 valence electrons. The van der Waals surface area contributed by atoms with Crippen LogP contribution in [0.1, 0.15) is 12.8 Å². The molecular weight excluding hydrogens is 279 g/mol. The lowest BCUT2D eigenvalue weighted by molar-refractivity contribution is -0.193. The smallest absolute Gasteiger partial charge is 0.331 e. The molecule has 1 N–H and O–H groups in total. The van der Waals surface area contributed by atoms with Crippen LogP contribution in [0.4, 0.5) is 18.0 Å². The quantitative estimate of drug-likeness (QED) is 0.790. The van der Waals surface area contributed by atoms with Gasteiger partial charge in [-0.05, 0) is 12.8 Å². The van der Waals surface area contributed by atoms with Crippen LogP contribution in [-0.4, -0.2) is 61.7 Å². The Bertz CT molecular complexity index is 361. The number of carbonyl (C=O) groups is 2. The van der Waals surface area contributed by atoms with E-state index in [-0.39, 0.29) is 12.6 Å². The number of hydrogen-bond acceptors (Lipinski definition) is 3. The first-order chi connectivity index (χ1) is 9.20. The number of nitrogens with zero attached hydrogens (tertiary/aromatic N) is 2. The van der Waals surface area contributed by atoms with E-state index >= 15 is 0 Å². The van der Waals surface area contributed by atoms with Crippen LogP contribution in [0.25, 0.3) is 0 Å². The summed E-state index contributed by atoms with van der Waals surface area (Å²) >= 11 is 0. The zero-order chi connectivity index (χ0) is 15.3. The molecule has 1 aliphatic rings. The molecule has 1 unspecified atom stereocenters. The summed E-state index contributed by atoms with van der Waals surface area (Å²) < 4.78 is 35.6. The number of carbonyl (C=O) groups excluding carboxylic acids is 2. The van der Waals surface area contributed by atoms with E-state index in [9.17, 15) is 22.8 Å². The van der Waals surface area contributed by atoms with Gasteiger partial charge in [0.2, 0.25) is 5.91 Å². The largest absolute Gasteiger partial charge is 0.414 e. The van der Waals surface area contributed by atoms with Gasteiger partial charge >= 0.3 is 12.2 Å². The Morgan fingerprint density at radius 3 is 2.60 bits per heavy atom. The second-order valence-electron chi connectivity index (χ2n) is 4.83. The van der Waals surface area contributed by atoms with Crippen molar-refractivity contribution in [2.45, 2.75) is 19.0 Å². The summed E-state index contributed by atoms with van der Waals surface area (Å²) in [6.07, 6.45) is -3.36. The maximum absolute atomic E-state index is 11.9. The van der Waals surface area contributed by atoms with Crippen molar-refractivity contribution in [2.75, 3.05) is 33.8 Å². The number of hydrogen-bond donors (Lipinski definition) is 1. The van der Waals surface area contributed by atoms with Crippen molar-refractivity contribution >= 4 is 11.9 Å². The van der Waals surface area contributed by atoms with Crippen LogP contribution in [0, 0.1) is 5.92 Å². The van der Waals surface area contributed by atoms with Gasteiger partial charge in [0.15, 0.2) is 6.61 Å². The standard InChI is InChI=1S/C11H18F3N3O3/c1-16(2)10(19)17-5-3-4-8(6-17)9(18)15-20-7-11(12,13)14/h8H,3-7H2,1-2H3,(H,15,18). The van der Waals surface area contributed by atoms with E-state index in [1.807, 2.05) is 0 Å². The summed E-state index contributed by atoms with van der Waals surface area (Å²) in [4.78, 5) is 30.4. The number of urea groups is 1. The van der Waals surface area contributed by atoms with Crippen molar-refractivity contribution in [3.05, 3.63) is 0 Å². The van der Waals surface area contributed by atoms with E-state index in [0.29, 0.717) is 19.4 Å². The number of hydroxylamine groups is 1. The molecule has 0 aliphatic carbocycles. The molecule has 1 atom stereocenters. The molecule has 0 aromatic carbocycles. The number of alkyl halides is 3. The fourth-order valence-electron chi connectivity index (χ4n) is 1.92. The van der Waals surface area contributed by atoms with E-state index in [1.54, 1.807) is 19.6 Å². The van der Waals surface area contributed by atoms with Crippen molar-refractivity contribution in [1.82, 2.24) is 15.3 Å². The van der Waals surface area contributed by atoms with Crippen molar-refractivity contribution in [3.8, 4) is 0 Å². The van der Waals surface area contributed by atoms with Crippen LogP contribution in [0.15, 0.2) is 0 Å². The molecule has 0 spiro atoms. The first-order valence-corrected chi connectivity index (χ1v) is 6.15. The Labute approximate surface area is 114 Å². The zero-order valence-electron chi connectivity index (χ0n) is 11.4. The van der Waals surface area contributed by atoms with Gasteiger partial charge in [0, 0.05) is 27.2 Å². The molecule has 3 amide bonds. The fourth-order valence-corrected chi connectivity index (χ4v) is 1.92. The summed E-state index contributed by atoms with van der Waals surface area (Å²) in [7, 11) is 3.19. The van der Waals surface area contributed by atoms with Crippen LogP contribution >= 0.6 is 0 Å². The molecule has 0 radical (unpaired) electrons. The number of halogens is 3. The maximum atomic E-state index is 11.9. The van der Waals surface area contributed by atoms with Crippen LogP contribution < -0.4 is 5.48 Å². The first kappa shape index (κ1) is 16.5. The highest BCUT2D eigenvalue weighted by molar-refractivity contribution is 5.80. The summed E-state index contributed by atoms with van der Waals surface area (Å²) in [6.45, 7) is -0.825. The minimum absolute atomic E-state index is 0.179. The van der Waals surface area contributed by atoms with Gasteiger partial charge in [0.25, 0.3) is 0 Å². The molecule has 0 aromatic rings. The van der Waals surface area contributed by atoms with E-state index in [0.717, 1.165) is 0 Å². The SMILES string of the molecule is CN(C)C(=O)N1CCCC(C(=O)NOCC(F)(F)F)C1. The lowest BCUT2D eigenvalue weighted by Crippen LogP contribution is -2.48. The Kier molecular flexibility index (Phi) is 5.61. The minimum atomic E-state index is -4.49. The highest BCUT2D eigenvalue weighted by Gasteiger charge is 2.31. The highest BCUT2D eigenvalue weighted by Crippen LogP contribution is 2.18. The molecule has 0 aromatic heterocycles. The topological polar surface area (TPSA) is 61.9 Å². The molecule has 6 nitrogen and oxygen atoms in total. The maximum Gasteiger partial charge on any atom is 0.414 e. The molecule has 0 saturated carbocycles. The Morgan fingerprint density at radius 2 is 2.05 bits per heavy atom. The van der Waals surface area contributed by atoms with Gasteiger partial charge in [-0.3, -0.25) is 9.63 Å². The lowest BCUT2D eigenvalue weighted by atomic mass is 9.98. The Hall–Kier alpha value is -1.51. The van der Waals surface area contributed by atoms with Gasteiger partial charge in [0.05, 0.1) is 5.92 Å². The molecule has 1 heterocycles. The Balaban J connectivity index is 2.42. The normalized spacial score (nSPS) is 19.6. The second-order valence-corrected chi connectivity index (χ2v) is 4.83. The van der Waals surface area contributed by atoms with Gasteiger partial charge in [0.1, 0.15) is 0 Å². The first-order valence-electron chi connectivity index (χ1n) is 6.15. The van der Waals surface area contributed by atoms with E-state index < -0.39 is 24.6 Å². The summed E-state index contributed by atoms with van der Waals surface area (Å²) in [5, 5.41) is 0. The number of likely N-dealkylation sites (tertiary alicyclic amines) is 1. The number of rotatable bonds is 3. The lowest BCUT2D eigenvalue weighted by Gasteiger charge is -2.33. The van der Waals surface area contributed by atoms with Gasteiger partial charge in [-0.15, -0.1) is 0 Å². The van der Waals surface area contributed by atoms with Crippen molar-refractivity contribution in [3.63, 3.8) is 0 Å². The van der Waals surface area contributed by atoms with Gasteiger partial charge in [-0.25, -0.2) is 10.3 Å². The molecule has 1 fully saturated rings. The third kappa shape index (κ3) is 5.24. The second kappa shape index (κ2) is 6.78. The molecular formula is C11H18F3N3O3. The molecule has 1 aliphatic heterocycles. The van der Waals surface area contributed by atoms with Crippen molar-refractivity contribution in [2.24, 2.45) is 5.92 Å². The predicted octanol–water partition coefficient (Wildman–Crippen LogP) is 0.990. The van der Waals surface area contributed by atoms with Crippen LogP contribution in [0.5, 0.6) is 0 Å². The molecule has 0 bridgehead atoms. The van der Waals surface area contributed by atoms with Crippen LogP contribution in [0.2, 0.25) is 0 Å². The highest BCUT2D eigenvalue weighted by atomic mass is 19.4. The van der Waals surface area contributed by atoms with E-state index in [2.05, 4.69) is 4.84 Å². The van der Waals surface area contributed by atoms with Gasteiger partial charge in [-0.1, -0.05) is 0 Å². The van der Waals surface area contributed by atoms with Crippen LogP contribution in [-0.2, 0) is 9.63 Å². The summed E-state index contributed by atoms with van der Waals surface area (Å²) in [6, 6.07) is -0.223. The van der Waals surface area contributed by atoms with Gasteiger partial charge < -0.3 is 9.80 Å². The zero-order valence-corrected chi connectivity index (χ0v) is 11.4. The third-order valence-electron chi connectivity index (χ3n) is 2.85. The minimum Gasteiger partial charge on any atom is -0.331 e. The fraction of sp³-hybridized carbons (Fsp3) is 0.818. The molecule has 1 rings (SSSR count). The Morgan fingerprint density at radius 1 is 1.40 bits per heavy atom. The van der Waals surface area contributed by atoms with Crippen molar-refractivity contribution in [1.29, 1.82) is 0 Å².